The van der Waals surface area contributed by atoms with Crippen LogP contribution in [0.15, 0.2) is 34.5 Å². The summed E-state index contributed by atoms with van der Waals surface area (Å²) in [5, 5.41) is 10.5. The van der Waals surface area contributed by atoms with Gasteiger partial charge in [-0.15, -0.1) is 23.1 Å². The van der Waals surface area contributed by atoms with Crippen molar-refractivity contribution in [3.8, 4) is 0 Å². The summed E-state index contributed by atoms with van der Waals surface area (Å²) in [5.41, 5.74) is 0.655. The second-order valence-electron chi connectivity index (χ2n) is 3.49. The number of aromatic carboxylic acids is 1. The zero-order valence-electron chi connectivity index (χ0n) is 9.02. The summed E-state index contributed by atoms with van der Waals surface area (Å²) in [6, 6.07) is 5.31. The highest BCUT2D eigenvalue weighted by molar-refractivity contribution is 7.98. The number of rotatable bonds is 4. The second kappa shape index (κ2) is 5.49. The Balaban J connectivity index is 2.02. The molecule has 0 fully saturated rings. The maximum absolute atomic E-state index is 13.0. The van der Waals surface area contributed by atoms with E-state index in [0.29, 0.717) is 11.3 Å². The van der Waals surface area contributed by atoms with Gasteiger partial charge in [-0.25, -0.2) is 13.6 Å². The van der Waals surface area contributed by atoms with Gasteiger partial charge in [-0.1, -0.05) is 6.07 Å². The molecule has 1 aromatic carbocycles. The third-order valence-corrected chi connectivity index (χ3v) is 4.29. The first-order chi connectivity index (χ1) is 8.56. The SMILES string of the molecule is O=C(O)c1cc(SCc2ccc(F)c(F)c2)cs1. The highest BCUT2D eigenvalue weighted by Gasteiger charge is 2.08. The van der Waals surface area contributed by atoms with Crippen molar-refractivity contribution in [1.29, 1.82) is 0 Å². The van der Waals surface area contributed by atoms with Crippen molar-refractivity contribution in [2.24, 2.45) is 0 Å². The molecular formula is C12H8F2O2S2. The summed E-state index contributed by atoms with van der Waals surface area (Å²) in [7, 11) is 0. The Bertz CT molecular complexity index is 581. The molecule has 0 spiro atoms. The minimum absolute atomic E-state index is 0.266. The van der Waals surface area contributed by atoms with Crippen LogP contribution < -0.4 is 0 Å². The smallest absolute Gasteiger partial charge is 0.345 e. The fourth-order valence-corrected chi connectivity index (χ4v) is 3.11. The second-order valence-corrected chi connectivity index (χ2v) is 5.45. The minimum atomic E-state index is -0.959. The van der Waals surface area contributed by atoms with E-state index in [1.165, 1.54) is 17.8 Å². The predicted molar refractivity (Wildman–Crippen MR) is 67.2 cm³/mol. The van der Waals surface area contributed by atoms with Gasteiger partial charge in [0, 0.05) is 16.0 Å². The number of hydrogen-bond donors (Lipinski definition) is 1. The molecule has 0 amide bonds. The molecule has 2 nitrogen and oxygen atoms in total. The third-order valence-electron chi connectivity index (χ3n) is 2.18. The van der Waals surface area contributed by atoms with Crippen molar-refractivity contribution in [3.05, 3.63) is 51.7 Å². The van der Waals surface area contributed by atoms with Crippen LogP contribution in [0.2, 0.25) is 0 Å². The van der Waals surface area contributed by atoms with Crippen LogP contribution in [0.4, 0.5) is 8.78 Å². The zero-order valence-corrected chi connectivity index (χ0v) is 10.7. The van der Waals surface area contributed by atoms with Gasteiger partial charge >= 0.3 is 5.97 Å². The molecule has 0 atom stereocenters. The monoisotopic (exact) mass is 286 g/mol. The van der Waals surface area contributed by atoms with E-state index in [1.807, 2.05) is 0 Å². The Kier molecular flexibility index (Phi) is 3.98. The maximum Gasteiger partial charge on any atom is 0.345 e. The molecule has 0 aliphatic rings. The Labute approximate surface area is 110 Å². The highest BCUT2D eigenvalue weighted by Crippen LogP contribution is 2.28. The first-order valence-corrected chi connectivity index (χ1v) is 6.81. The number of hydrogen-bond acceptors (Lipinski definition) is 3. The molecule has 1 N–H and O–H groups in total. The third kappa shape index (κ3) is 3.08. The average Bonchev–Trinajstić information content (AvgIpc) is 2.79. The molecule has 0 aliphatic carbocycles. The zero-order chi connectivity index (χ0) is 13.1. The van der Waals surface area contributed by atoms with Gasteiger partial charge in [0.2, 0.25) is 0 Å². The Morgan fingerprint density at radius 2 is 2.06 bits per heavy atom. The van der Waals surface area contributed by atoms with Gasteiger partial charge in [0.15, 0.2) is 11.6 Å². The van der Waals surface area contributed by atoms with Crippen LogP contribution in [-0.4, -0.2) is 11.1 Å². The largest absolute Gasteiger partial charge is 0.477 e. The van der Waals surface area contributed by atoms with E-state index in [0.717, 1.165) is 28.4 Å². The summed E-state index contributed by atoms with van der Waals surface area (Å²) >= 11 is 2.53. The lowest BCUT2D eigenvalue weighted by atomic mass is 10.2. The van der Waals surface area contributed by atoms with E-state index in [1.54, 1.807) is 11.4 Å². The van der Waals surface area contributed by atoms with Gasteiger partial charge in [0.05, 0.1) is 0 Å². The summed E-state index contributed by atoms with van der Waals surface area (Å²) < 4.78 is 25.7. The van der Waals surface area contributed by atoms with E-state index in [-0.39, 0.29) is 4.88 Å². The summed E-state index contributed by atoms with van der Waals surface area (Å²) in [5.74, 6) is -2.23. The molecule has 0 aliphatic heterocycles. The maximum atomic E-state index is 13.0. The topological polar surface area (TPSA) is 37.3 Å². The quantitative estimate of drug-likeness (QED) is 0.863. The van der Waals surface area contributed by atoms with Crippen molar-refractivity contribution in [1.82, 2.24) is 0 Å². The standard InChI is InChI=1S/C12H8F2O2S2/c13-9-2-1-7(3-10(9)14)5-17-8-4-11(12(15)16)18-6-8/h1-4,6H,5H2,(H,15,16). The van der Waals surface area contributed by atoms with Gasteiger partial charge in [-0.2, -0.15) is 0 Å². The van der Waals surface area contributed by atoms with Crippen molar-refractivity contribution in [2.45, 2.75) is 10.6 Å². The fraction of sp³-hybridized carbons (Fsp3) is 0.0833. The van der Waals surface area contributed by atoms with Crippen LogP contribution in [0.1, 0.15) is 15.2 Å². The summed E-state index contributed by atoms with van der Waals surface area (Å²) in [6.45, 7) is 0. The summed E-state index contributed by atoms with van der Waals surface area (Å²) in [6.07, 6.45) is 0. The van der Waals surface area contributed by atoms with Gasteiger partial charge in [0.25, 0.3) is 0 Å². The van der Waals surface area contributed by atoms with Gasteiger partial charge in [-0.05, 0) is 23.8 Å². The van der Waals surface area contributed by atoms with E-state index >= 15 is 0 Å². The molecule has 1 aromatic heterocycles. The molecule has 0 saturated heterocycles. The molecule has 0 radical (unpaired) electrons. The number of benzene rings is 1. The molecule has 0 bridgehead atoms. The van der Waals surface area contributed by atoms with Crippen LogP contribution in [0.25, 0.3) is 0 Å². The molecule has 0 unspecified atom stereocenters. The van der Waals surface area contributed by atoms with E-state index in [2.05, 4.69) is 0 Å². The van der Waals surface area contributed by atoms with Gasteiger partial charge < -0.3 is 5.11 Å². The number of carboxylic acid groups (broad SMARTS) is 1. The van der Waals surface area contributed by atoms with Crippen LogP contribution >= 0.6 is 23.1 Å². The van der Waals surface area contributed by atoms with Crippen molar-refractivity contribution in [3.63, 3.8) is 0 Å². The number of thioether (sulfide) groups is 1. The number of carboxylic acids is 1. The lowest BCUT2D eigenvalue weighted by molar-refractivity contribution is 0.0702. The molecule has 2 rings (SSSR count). The van der Waals surface area contributed by atoms with E-state index < -0.39 is 17.6 Å². The van der Waals surface area contributed by atoms with Gasteiger partial charge in [0.1, 0.15) is 4.88 Å². The predicted octanol–water partition coefficient (Wildman–Crippen LogP) is 4.02. The number of thiophene rings is 1. The van der Waals surface area contributed by atoms with Gasteiger partial charge in [-0.3, -0.25) is 0 Å². The first-order valence-electron chi connectivity index (χ1n) is 4.95. The number of halogens is 2. The Morgan fingerprint density at radius 1 is 1.28 bits per heavy atom. The molecule has 1 heterocycles. The van der Waals surface area contributed by atoms with Crippen LogP contribution in [0.3, 0.4) is 0 Å². The first kappa shape index (κ1) is 13.0. The fourth-order valence-electron chi connectivity index (χ4n) is 1.30. The number of carbonyl (C=O) groups is 1. The van der Waals surface area contributed by atoms with Crippen LogP contribution in [0.5, 0.6) is 0 Å². The Hall–Kier alpha value is -1.40. The van der Waals surface area contributed by atoms with Crippen molar-refractivity contribution < 1.29 is 18.7 Å². The highest BCUT2D eigenvalue weighted by atomic mass is 32.2. The average molecular weight is 286 g/mol. The Morgan fingerprint density at radius 3 is 2.67 bits per heavy atom. The van der Waals surface area contributed by atoms with E-state index in [4.69, 9.17) is 5.11 Å². The van der Waals surface area contributed by atoms with Crippen molar-refractivity contribution >= 4 is 29.1 Å². The molecular weight excluding hydrogens is 278 g/mol. The van der Waals surface area contributed by atoms with Crippen LogP contribution in [0, 0.1) is 11.6 Å². The molecule has 6 heteroatoms. The molecule has 18 heavy (non-hydrogen) atoms. The normalized spacial score (nSPS) is 10.6. The lowest BCUT2D eigenvalue weighted by Gasteiger charge is -2.00. The van der Waals surface area contributed by atoms with Crippen LogP contribution in [-0.2, 0) is 5.75 Å². The molecule has 94 valence electrons. The summed E-state index contributed by atoms with van der Waals surface area (Å²) in [4.78, 5) is 11.8. The van der Waals surface area contributed by atoms with Crippen molar-refractivity contribution in [2.75, 3.05) is 0 Å². The lowest BCUT2D eigenvalue weighted by Crippen LogP contribution is -1.90. The molecule has 2 aromatic rings. The van der Waals surface area contributed by atoms with E-state index in [9.17, 15) is 13.6 Å². The minimum Gasteiger partial charge on any atom is -0.477 e. The molecule has 0 saturated carbocycles.